The van der Waals surface area contributed by atoms with Crippen molar-refractivity contribution in [1.29, 1.82) is 0 Å². The summed E-state index contributed by atoms with van der Waals surface area (Å²) in [5, 5.41) is 2.75. The van der Waals surface area contributed by atoms with Crippen molar-refractivity contribution in [3.05, 3.63) is 101 Å². The van der Waals surface area contributed by atoms with Crippen LogP contribution in [0, 0.1) is 0 Å². The molecule has 0 aliphatic rings. The van der Waals surface area contributed by atoms with Gasteiger partial charge in [-0.15, -0.1) is 0 Å². The van der Waals surface area contributed by atoms with Crippen molar-refractivity contribution in [2.24, 2.45) is 5.73 Å². The van der Waals surface area contributed by atoms with E-state index in [-0.39, 0.29) is 18.0 Å². The molecule has 1 amide bonds. The smallest absolute Gasteiger partial charge is 0.416 e. The van der Waals surface area contributed by atoms with Crippen LogP contribution in [0.15, 0.2) is 73.1 Å². The summed E-state index contributed by atoms with van der Waals surface area (Å²) in [4.78, 5) is 29.0. The maximum atomic E-state index is 13.0. The highest BCUT2D eigenvalue weighted by Gasteiger charge is 2.30. The van der Waals surface area contributed by atoms with E-state index in [9.17, 15) is 22.8 Å². The van der Waals surface area contributed by atoms with Crippen LogP contribution in [0.1, 0.15) is 40.8 Å². The molecule has 0 radical (unpaired) electrons. The molecule has 3 rings (SSSR count). The van der Waals surface area contributed by atoms with Crippen LogP contribution in [-0.2, 0) is 26.9 Å². The van der Waals surface area contributed by atoms with Gasteiger partial charge in [0.1, 0.15) is 0 Å². The molecule has 0 fully saturated rings. The number of rotatable bonds is 7. The van der Waals surface area contributed by atoms with Crippen molar-refractivity contribution in [2.75, 3.05) is 12.4 Å². The number of esters is 1. The zero-order valence-corrected chi connectivity index (χ0v) is 19.1. The van der Waals surface area contributed by atoms with E-state index in [0.29, 0.717) is 22.5 Å². The number of nitrogens with one attached hydrogen (secondary N) is 1. The Morgan fingerprint density at radius 2 is 1.74 bits per heavy atom. The second-order valence-electron chi connectivity index (χ2n) is 7.78. The third kappa shape index (κ3) is 6.26. The second kappa shape index (κ2) is 10.9. The van der Waals surface area contributed by atoms with Crippen LogP contribution in [0.3, 0.4) is 0 Å². The van der Waals surface area contributed by atoms with Crippen LogP contribution in [-0.4, -0.2) is 24.0 Å². The van der Waals surface area contributed by atoms with Crippen LogP contribution in [0.2, 0.25) is 0 Å². The third-order valence-corrected chi connectivity index (χ3v) is 5.46. The summed E-state index contributed by atoms with van der Waals surface area (Å²) in [7, 11) is 1.32. The van der Waals surface area contributed by atoms with Crippen LogP contribution in [0.25, 0.3) is 5.57 Å². The van der Waals surface area contributed by atoms with E-state index in [1.807, 2.05) is 0 Å². The van der Waals surface area contributed by atoms with Gasteiger partial charge in [-0.25, -0.2) is 0 Å². The lowest BCUT2D eigenvalue weighted by atomic mass is 9.98. The fourth-order valence-corrected chi connectivity index (χ4v) is 3.48. The summed E-state index contributed by atoms with van der Waals surface area (Å²) in [5.74, 6) is -1.33. The van der Waals surface area contributed by atoms with Gasteiger partial charge in [0.15, 0.2) is 0 Å². The Bertz CT molecular complexity index is 1220. The lowest BCUT2D eigenvalue weighted by Gasteiger charge is -2.14. The molecular weight excluding hydrogens is 459 g/mol. The molecule has 0 spiro atoms. The minimum atomic E-state index is -4.42. The molecule has 0 saturated heterocycles. The molecule has 0 aliphatic heterocycles. The van der Waals surface area contributed by atoms with Crippen LogP contribution in [0.5, 0.6) is 0 Å². The average molecular weight is 483 g/mol. The van der Waals surface area contributed by atoms with Gasteiger partial charge in [-0.05, 0) is 60.4 Å². The number of hydrogen-bond acceptors (Lipinski definition) is 5. The predicted molar refractivity (Wildman–Crippen MR) is 126 cm³/mol. The van der Waals surface area contributed by atoms with Gasteiger partial charge in [-0.3, -0.25) is 14.6 Å². The van der Waals surface area contributed by atoms with Gasteiger partial charge < -0.3 is 15.8 Å². The third-order valence-electron chi connectivity index (χ3n) is 5.46. The highest BCUT2D eigenvalue weighted by molar-refractivity contribution is 6.25. The Hall–Kier alpha value is -4.14. The number of ether oxygens (including phenoxy) is 1. The zero-order valence-electron chi connectivity index (χ0n) is 19.1. The summed E-state index contributed by atoms with van der Waals surface area (Å²) in [5.41, 5.74) is 7.92. The molecule has 0 saturated carbocycles. The number of carbonyl (C=O) groups is 2. The summed E-state index contributed by atoms with van der Waals surface area (Å²) < 4.78 is 43.3. The van der Waals surface area contributed by atoms with Crippen molar-refractivity contribution >= 4 is 23.1 Å². The molecule has 0 bridgehead atoms. The summed E-state index contributed by atoms with van der Waals surface area (Å²) in [6.45, 7) is 1.72. The first-order valence-electron chi connectivity index (χ1n) is 10.7. The molecule has 6 nitrogen and oxygen atoms in total. The molecular formula is C26H24F3N3O3. The monoisotopic (exact) mass is 483 g/mol. The Kier molecular flexibility index (Phi) is 7.91. The quantitative estimate of drug-likeness (QED) is 0.368. The molecule has 2 aromatic carbocycles. The van der Waals surface area contributed by atoms with Gasteiger partial charge in [-0.1, -0.05) is 30.3 Å². The van der Waals surface area contributed by atoms with Crippen molar-refractivity contribution < 1.29 is 27.5 Å². The molecule has 182 valence electrons. The minimum Gasteiger partial charge on any atom is -0.469 e. The molecule has 1 atom stereocenters. The van der Waals surface area contributed by atoms with Gasteiger partial charge in [0, 0.05) is 18.1 Å². The first kappa shape index (κ1) is 25.5. The summed E-state index contributed by atoms with van der Waals surface area (Å²) in [6, 6.07) is 15.0. The maximum Gasteiger partial charge on any atom is 0.416 e. The van der Waals surface area contributed by atoms with E-state index < -0.39 is 23.6 Å². The van der Waals surface area contributed by atoms with Crippen molar-refractivity contribution in [3.63, 3.8) is 0 Å². The number of nitrogens with zero attached hydrogens (tertiary/aromatic N) is 1. The molecule has 0 aliphatic carbocycles. The number of pyridine rings is 1. The van der Waals surface area contributed by atoms with Crippen LogP contribution >= 0.6 is 0 Å². The Balaban J connectivity index is 1.78. The summed E-state index contributed by atoms with van der Waals surface area (Å²) >= 11 is 0. The minimum absolute atomic E-state index is 0.111. The Labute approximate surface area is 200 Å². The maximum absolute atomic E-state index is 13.0. The first-order chi connectivity index (χ1) is 16.6. The molecule has 1 heterocycles. The van der Waals surface area contributed by atoms with E-state index in [2.05, 4.69) is 10.3 Å². The highest BCUT2D eigenvalue weighted by Crippen LogP contribution is 2.30. The van der Waals surface area contributed by atoms with Crippen molar-refractivity contribution in [1.82, 2.24) is 4.98 Å². The SMILES string of the molecule is COC(=O)C(C)c1ccc(NC(=O)/C(=C/N)c2ncccc2Cc2ccc(C(F)(F)F)cc2)cc1. The number of aromatic nitrogens is 1. The normalized spacial score (nSPS) is 12.7. The molecule has 1 unspecified atom stereocenters. The van der Waals surface area contributed by atoms with Gasteiger partial charge in [0.2, 0.25) is 0 Å². The Morgan fingerprint density at radius 1 is 1.09 bits per heavy atom. The second-order valence-corrected chi connectivity index (χ2v) is 7.78. The van der Waals surface area contributed by atoms with E-state index in [4.69, 9.17) is 10.5 Å². The lowest BCUT2D eigenvalue weighted by molar-refractivity contribution is -0.142. The number of halogens is 3. The van der Waals surface area contributed by atoms with Gasteiger partial charge in [-0.2, -0.15) is 13.2 Å². The molecule has 9 heteroatoms. The van der Waals surface area contributed by atoms with E-state index in [1.165, 1.54) is 25.4 Å². The topological polar surface area (TPSA) is 94.3 Å². The number of carbonyl (C=O) groups excluding carboxylic acids is 2. The molecule has 3 aromatic rings. The van der Waals surface area contributed by atoms with E-state index in [0.717, 1.165) is 23.9 Å². The first-order valence-corrected chi connectivity index (χ1v) is 10.7. The largest absolute Gasteiger partial charge is 0.469 e. The number of benzene rings is 2. The van der Waals surface area contributed by atoms with Gasteiger partial charge >= 0.3 is 12.1 Å². The number of amides is 1. The highest BCUT2D eigenvalue weighted by atomic mass is 19.4. The fourth-order valence-electron chi connectivity index (χ4n) is 3.48. The van der Waals surface area contributed by atoms with E-state index in [1.54, 1.807) is 43.3 Å². The molecule has 35 heavy (non-hydrogen) atoms. The van der Waals surface area contributed by atoms with Gasteiger partial charge in [0.25, 0.3) is 5.91 Å². The fraction of sp³-hybridized carbons (Fsp3) is 0.192. The number of hydrogen-bond donors (Lipinski definition) is 2. The van der Waals surface area contributed by atoms with Crippen molar-refractivity contribution in [3.8, 4) is 0 Å². The summed E-state index contributed by atoms with van der Waals surface area (Å²) in [6.07, 6.45) is -1.51. The predicted octanol–water partition coefficient (Wildman–Crippen LogP) is 4.91. The van der Waals surface area contributed by atoms with Crippen LogP contribution < -0.4 is 11.1 Å². The number of alkyl halides is 3. The Morgan fingerprint density at radius 3 is 2.31 bits per heavy atom. The number of nitrogens with two attached hydrogens (primary N) is 1. The molecule has 1 aromatic heterocycles. The molecule has 3 N–H and O–H groups in total. The van der Waals surface area contributed by atoms with Crippen molar-refractivity contribution in [2.45, 2.75) is 25.4 Å². The van der Waals surface area contributed by atoms with E-state index >= 15 is 0 Å². The zero-order chi connectivity index (χ0) is 25.6. The van der Waals surface area contributed by atoms with Crippen LogP contribution in [0.4, 0.5) is 18.9 Å². The lowest BCUT2D eigenvalue weighted by Crippen LogP contribution is -2.17. The average Bonchev–Trinajstić information content (AvgIpc) is 2.85. The standard InChI is InChI=1S/C26H24F3N3O3/c1-16(25(34)35-2)18-7-11-21(12-8-18)32-24(33)22(15-30)23-19(4-3-13-31-23)14-17-5-9-20(10-6-17)26(27,28)29/h3-13,15-16H,14,30H2,1-2H3,(H,32,33)/b22-15+. The number of anilines is 1. The van der Waals surface area contributed by atoms with Gasteiger partial charge in [0.05, 0.1) is 29.9 Å². The number of methoxy groups -OCH3 is 1.